The van der Waals surface area contributed by atoms with Gasteiger partial charge in [-0.1, -0.05) is 18.2 Å². The van der Waals surface area contributed by atoms with Gasteiger partial charge in [-0.05, 0) is 25.0 Å². The standard InChI is InChI=1S/C14H16N2O/c1-17-13-4-2-3-10-5-6-12(16-14(10)13)9-15-11-7-8-11/h2-6,11,15H,7-9H2,1H3. The summed E-state index contributed by atoms with van der Waals surface area (Å²) in [5, 5.41) is 4.60. The molecule has 1 saturated carbocycles. The molecule has 0 aliphatic heterocycles. The van der Waals surface area contributed by atoms with Crippen molar-refractivity contribution in [2.24, 2.45) is 0 Å². The Balaban J connectivity index is 1.92. The monoisotopic (exact) mass is 228 g/mol. The molecule has 1 aromatic carbocycles. The molecule has 2 aromatic rings. The molecule has 0 radical (unpaired) electrons. The molecule has 0 amide bonds. The normalized spacial score (nSPS) is 15.1. The lowest BCUT2D eigenvalue weighted by Crippen LogP contribution is -2.16. The summed E-state index contributed by atoms with van der Waals surface area (Å²) in [5.74, 6) is 0.843. The van der Waals surface area contributed by atoms with E-state index in [9.17, 15) is 0 Å². The smallest absolute Gasteiger partial charge is 0.145 e. The minimum atomic E-state index is 0.713. The van der Waals surface area contributed by atoms with E-state index in [0.29, 0.717) is 6.04 Å². The Morgan fingerprint density at radius 1 is 1.29 bits per heavy atom. The maximum Gasteiger partial charge on any atom is 0.145 e. The van der Waals surface area contributed by atoms with E-state index in [1.807, 2.05) is 12.1 Å². The first-order valence-corrected chi connectivity index (χ1v) is 6.03. The van der Waals surface area contributed by atoms with Gasteiger partial charge in [0, 0.05) is 18.0 Å². The highest BCUT2D eigenvalue weighted by atomic mass is 16.5. The molecule has 3 heteroatoms. The van der Waals surface area contributed by atoms with E-state index in [2.05, 4.69) is 28.5 Å². The van der Waals surface area contributed by atoms with Gasteiger partial charge in [0.2, 0.25) is 0 Å². The highest BCUT2D eigenvalue weighted by Gasteiger charge is 2.20. The molecule has 0 saturated heterocycles. The molecule has 1 aliphatic carbocycles. The van der Waals surface area contributed by atoms with Gasteiger partial charge in [-0.3, -0.25) is 0 Å². The van der Waals surface area contributed by atoms with Crippen LogP contribution in [-0.4, -0.2) is 18.1 Å². The van der Waals surface area contributed by atoms with Crippen LogP contribution in [0.5, 0.6) is 5.75 Å². The number of aromatic nitrogens is 1. The van der Waals surface area contributed by atoms with Gasteiger partial charge in [0.05, 0.1) is 12.8 Å². The number of nitrogens with one attached hydrogen (secondary N) is 1. The lowest BCUT2D eigenvalue weighted by Gasteiger charge is -2.07. The number of methoxy groups -OCH3 is 1. The third-order valence-corrected chi connectivity index (χ3v) is 3.11. The molecule has 3 nitrogen and oxygen atoms in total. The number of hydrogen-bond acceptors (Lipinski definition) is 3. The Kier molecular flexibility index (Phi) is 2.69. The molecule has 0 atom stereocenters. The molecule has 88 valence electrons. The number of ether oxygens (including phenoxy) is 1. The summed E-state index contributed by atoms with van der Waals surface area (Å²) in [4.78, 5) is 4.66. The van der Waals surface area contributed by atoms with Crippen molar-refractivity contribution in [3.05, 3.63) is 36.0 Å². The predicted molar refractivity (Wildman–Crippen MR) is 68.2 cm³/mol. The predicted octanol–water partition coefficient (Wildman–Crippen LogP) is 2.50. The van der Waals surface area contributed by atoms with Crippen molar-refractivity contribution in [1.82, 2.24) is 10.3 Å². The molecule has 3 rings (SSSR count). The van der Waals surface area contributed by atoms with Crippen molar-refractivity contribution in [3.8, 4) is 5.75 Å². The second-order valence-corrected chi connectivity index (χ2v) is 4.49. The van der Waals surface area contributed by atoms with Crippen molar-refractivity contribution in [1.29, 1.82) is 0 Å². The molecule has 0 spiro atoms. The Bertz CT molecular complexity index is 535. The molecule has 17 heavy (non-hydrogen) atoms. The number of rotatable bonds is 4. The molecule has 0 unspecified atom stereocenters. The highest BCUT2D eigenvalue weighted by molar-refractivity contribution is 5.84. The zero-order valence-corrected chi connectivity index (χ0v) is 9.94. The fraction of sp³-hybridized carbons (Fsp3) is 0.357. The summed E-state index contributed by atoms with van der Waals surface area (Å²) >= 11 is 0. The first-order valence-electron chi connectivity index (χ1n) is 6.03. The van der Waals surface area contributed by atoms with Crippen molar-refractivity contribution in [2.45, 2.75) is 25.4 Å². The van der Waals surface area contributed by atoms with Crippen LogP contribution in [0.15, 0.2) is 30.3 Å². The summed E-state index contributed by atoms with van der Waals surface area (Å²) in [6.07, 6.45) is 2.60. The van der Waals surface area contributed by atoms with Crippen LogP contribution in [0.25, 0.3) is 10.9 Å². The van der Waals surface area contributed by atoms with E-state index in [1.54, 1.807) is 7.11 Å². The average Bonchev–Trinajstić information content (AvgIpc) is 3.19. The van der Waals surface area contributed by atoms with Gasteiger partial charge in [-0.15, -0.1) is 0 Å². The van der Waals surface area contributed by atoms with E-state index in [-0.39, 0.29) is 0 Å². The summed E-state index contributed by atoms with van der Waals surface area (Å²) in [6.45, 7) is 0.846. The maximum absolute atomic E-state index is 5.34. The molecule has 1 fully saturated rings. The van der Waals surface area contributed by atoms with Gasteiger partial charge in [0.1, 0.15) is 11.3 Å². The fourth-order valence-electron chi connectivity index (χ4n) is 1.96. The van der Waals surface area contributed by atoms with Crippen molar-refractivity contribution in [3.63, 3.8) is 0 Å². The van der Waals surface area contributed by atoms with E-state index >= 15 is 0 Å². The lowest BCUT2D eigenvalue weighted by atomic mass is 10.2. The van der Waals surface area contributed by atoms with Gasteiger partial charge in [-0.25, -0.2) is 4.98 Å². The number of nitrogens with zero attached hydrogens (tertiary/aromatic N) is 1. The number of hydrogen-bond donors (Lipinski definition) is 1. The number of benzene rings is 1. The van der Waals surface area contributed by atoms with Gasteiger partial charge in [-0.2, -0.15) is 0 Å². The molecule has 1 aromatic heterocycles. The topological polar surface area (TPSA) is 34.1 Å². The summed E-state index contributed by atoms with van der Waals surface area (Å²) < 4.78 is 5.34. The lowest BCUT2D eigenvalue weighted by molar-refractivity contribution is 0.418. The fourth-order valence-corrected chi connectivity index (χ4v) is 1.96. The Morgan fingerprint density at radius 3 is 2.94 bits per heavy atom. The van der Waals surface area contributed by atoms with E-state index in [0.717, 1.165) is 28.9 Å². The molecular formula is C14H16N2O. The second kappa shape index (κ2) is 4.34. The third-order valence-electron chi connectivity index (χ3n) is 3.11. The molecule has 1 N–H and O–H groups in total. The molecule has 1 heterocycles. The van der Waals surface area contributed by atoms with Crippen LogP contribution in [0.3, 0.4) is 0 Å². The Labute approximate surface area is 101 Å². The first-order chi connectivity index (χ1) is 8.36. The minimum absolute atomic E-state index is 0.713. The van der Waals surface area contributed by atoms with Crippen LogP contribution in [0.1, 0.15) is 18.5 Å². The van der Waals surface area contributed by atoms with Crippen LogP contribution in [0.2, 0.25) is 0 Å². The van der Waals surface area contributed by atoms with Gasteiger partial charge in [0.15, 0.2) is 0 Å². The summed E-state index contributed by atoms with van der Waals surface area (Å²) in [7, 11) is 1.69. The third kappa shape index (κ3) is 2.24. The van der Waals surface area contributed by atoms with Crippen LogP contribution in [0.4, 0.5) is 0 Å². The minimum Gasteiger partial charge on any atom is -0.494 e. The zero-order valence-electron chi connectivity index (χ0n) is 9.94. The SMILES string of the molecule is COc1cccc2ccc(CNC3CC3)nc12. The van der Waals surface area contributed by atoms with E-state index in [4.69, 9.17) is 4.74 Å². The van der Waals surface area contributed by atoms with E-state index in [1.165, 1.54) is 12.8 Å². The van der Waals surface area contributed by atoms with Crippen molar-refractivity contribution in [2.75, 3.05) is 7.11 Å². The Hall–Kier alpha value is -1.61. The summed E-state index contributed by atoms with van der Waals surface area (Å²) in [6, 6.07) is 10.9. The largest absolute Gasteiger partial charge is 0.494 e. The number of fused-ring (bicyclic) bond motifs is 1. The van der Waals surface area contributed by atoms with E-state index < -0.39 is 0 Å². The second-order valence-electron chi connectivity index (χ2n) is 4.49. The van der Waals surface area contributed by atoms with Gasteiger partial charge in [0.25, 0.3) is 0 Å². The number of para-hydroxylation sites is 1. The van der Waals surface area contributed by atoms with Crippen LogP contribution in [-0.2, 0) is 6.54 Å². The van der Waals surface area contributed by atoms with Crippen molar-refractivity contribution >= 4 is 10.9 Å². The number of pyridine rings is 1. The van der Waals surface area contributed by atoms with Gasteiger partial charge >= 0.3 is 0 Å². The summed E-state index contributed by atoms with van der Waals surface area (Å²) in [5.41, 5.74) is 2.03. The van der Waals surface area contributed by atoms with Crippen LogP contribution >= 0.6 is 0 Å². The van der Waals surface area contributed by atoms with Gasteiger partial charge < -0.3 is 10.1 Å². The van der Waals surface area contributed by atoms with Crippen molar-refractivity contribution < 1.29 is 4.74 Å². The molecule has 1 aliphatic rings. The highest BCUT2D eigenvalue weighted by Crippen LogP contribution is 2.24. The quantitative estimate of drug-likeness (QED) is 0.873. The average molecular weight is 228 g/mol. The zero-order chi connectivity index (χ0) is 11.7. The molecular weight excluding hydrogens is 212 g/mol. The van der Waals surface area contributed by atoms with Crippen LogP contribution in [0, 0.1) is 0 Å². The Morgan fingerprint density at radius 2 is 2.18 bits per heavy atom. The first kappa shape index (κ1) is 10.5. The van der Waals surface area contributed by atoms with Crippen LogP contribution < -0.4 is 10.1 Å². The molecule has 0 bridgehead atoms. The maximum atomic E-state index is 5.34.